The molecule has 0 aliphatic heterocycles. The van der Waals surface area contributed by atoms with Crippen LogP contribution in [0.5, 0.6) is 0 Å². The summed E-state index contributed by atoms with van der Waals surface area (Å²) in [6, 6.07) is 51.4. The van der Waals surface area contributed by atoms with Crippen molar-refractivity contribution in [2.24, 2.45) is 0 Å². The molecule has 0 saturated carbocycles. The minimum atomic E-state index is -0.0836. The minimum absolute atomic E-state index is 0.0836. The van der Waals surface area contributed by atoms with Gasteiger partial charge in [0.05, 0.1) is 17.1 Å². The van der Waals surface area contributed by atoms with Crippen molar-refractivity contribution in [2.75, 3.05) is 4.90 Å². The number of benzene rings is 6. The summed E-state index contributed by atoms with van der Waals surface area (Å²) in [6.07, 6.45) is 0. The van der Waals surface area contributed by atoms with Crippen LogP contribution in [0.1, 0.15) is 49.9 Å². The van der Waals surface area contributed by atoms with E-state index in [2.05, 4.69) is 172 Å². The van der Waals surface area contributed by atoms with Gasteiger partial charge < -0.3 is 4.90 Å². The summed E-state index contributed by atoms with van der Waals surface area (Å²) in [5.74, 6) is 0. The molecule has 0 N–H and O–H groups in total. The van der Waals surface area contributed by atoms with Gasteiger partial charge >= 0.3 is 0 Å². The van der Waals surface area contributed by atoms with E-state index >= 15 is 0 Å². The molecule has 0 amide bonds. The van der Waals surface area contributed by atoms with Crippen molar-refractivity contribution in [1.82, 2.24) is 0 Å². The second kappa shape index (κ2) is 9.31. The monoisotopic (exact) mass is 553 g/mol. The fourth-order valence-electron chi connectivity index (χ4n) is 7.76. The lowest BCUT2D eigenvalue weighted by atomic mass is 9.82. The van der Waals surface area contributed by atoms with Crippen LogP contribution >= 0.6 is 0 Å². The van der Waals surface area contributed by atoms with E-state index in [0.29, 0.717) is 0 Å². The molecule has 8 rings (SSSR count). The molecule has 0 spiro atoms. The number of para-hydroxylation sites is 1. The summed E-state index contributed by atoms with van der Waals surface area (Å²) in [5.41, 5.74) is 16.7. The molecule has 0 aromatic heterocycles. The smallest absolute Gasteiger partial charge is 0.0543 e. The van der Waals surface area contributed by atoms with Gasteiger partial charge in [0.25, 0.3) is 0 Å². The molecule has 43 heavy (non-hydrogen) atoms. The van der Waals surface area contributed by atoms with Crippen LogP contribution in [0, 0.1) is 0 Å². The lowest BCUT2D eigenvalue weighted by Crippen LogP contribution is -2.17. The first-order valence-electron chi connectivity index (χ1n) is 15.3. The van der Waals surface area contributed by atoms with Crippen LogP contribution in [0.4, 0.5) is 17.1 Å². The maximum atomic E-state index is 2.55. The molecule has 0 fully saturated rings. The van der Waals surface area contributed by atoms with Gasteiger partial charge in [-0.3, -0.25) is 0 Å². The molecule has 0 unspecified atom stereocenters. The predicted octanol–water partition coefficient (Wildman–Crippen LogP) is 11.4. The second-order valence-electron chi connectivity index (χ2n) is 13.0. The van der Waals surface area contributed by atoms with E-state index in [0.717, 1.165) is 0 Å². The van der Waals surface area contributed by atoms with E-state index in [1.165, 1.54) is 72.7 Å². The van der Waals surface area contributed by atoms with Crippen LogP contribution in [0.25, 0.3) is 33.4 Å². The first kappa shape index (κ1) is 25.8. The molecule has 208 valence electrons. The van der Waals surface area contributed by atoms with Crippen LogP contribution in [-0.2, 0) is 10.8 Å². The third kappa shape index (κ3) is 3.64. The van der Waals surface area contributed by atoms with Gasteiger partial charge in [-0.2, -0.15) is 0 Å². The highest BCUT2D eigenvalue weighted by molar-refractivity contribution is 6.02. The molecule has 1 heteroatoms. The highest BCUT2D eigenvalue weighted by Crippen LogP contribution is 2.58. The number of hydrogen-bond acceptors (Lipinski definition) is 1. The lowest BCUT2D eigenvalue weighted by Gasteiger charge is -2.32. The molecule has 0 saturated heterocycles. The van der Waals surface area contributed by atoms with E-state index in [1.54, 1.807) is 0 Å². The fraction of sp³-hybridized carbons (Fsp3) is 0.143. The number of nitrogens with zero attached hydrogens (tertiary/aromatic N) is 1. The van der Waals surface area contributed by atoms with Crippen molar-refractivity contribution in [1.29, 1.82) is 0 Å². The van der Waals surface area contributed by atoms with Crippen molar-refractivity contribution < 1.29 is 0 Å². The Kier molecular flexibility index (Phi) is 5.59. The molecule has 2 aliphatic rings. The molecule has 6 aromatic rings. The zero-order valence-corrected chi connectivity index (χ0v) is 25.2. The highest BCUT2D eigenvalue weighted by atomic mass is 15.2. The molecule has 0 radical (unpaired) electrons. The molecule has 2 aliphatic carbocycles. The van der Waals surface area contributed by atoms with Crippen LogP contribution in [0.2, 0.25) is 0 Å². The van der Waals surface area contributed by atoms with Gasteiger partial charge in [-0.1, -0.05) is 149 Å². The van der Waals surface area contributed by atoms with Gasteiger partial charge in [0.15, 0.2) is 0 Å². The van der Waals surface area contributed by atoms with E-state index in [-0.39, 0.29) is 10.8 Å². The van der Waals surface area contributed by atoms with Crippen molar-refractivity contribution in [3.8, 4) is 33.4 Å². The minimum Gasteiger partial charge on any atom is -0.309 e. The molecular weight excluding hydrogens is 518 g/mol. The molecule has 0 bridgehead atoms. The van der Waals surface area contributed by atoms with Crippen molar-refractivity contribution in [2.45, 2.75) is 38.5 Å². The SMILES string of the molecule is CC1(C)c2ccccc2-c2c(N(c3ccccc3-c3ccccc3)c3cccc4c3-c3ccccc3C4(C)C)cccc21. The Bertz CT molecular complexity index is 1920. The number of anilines is 3. The normalized spacial score (nSPS) is 14.9. The van der Waals surface area contributed by atoms with Gasteiger partial charge in [0.2, 0.25) is 0 Å². The van der Waals surface area contributed by atoms with Crippen LogP contribution in [0.3, 0.4) is 0 Å². The van der Waals surface area contributed by atoms with Gasteiger partial charge in [-0.25, -0.2) is 0 Å². The Morgan fingerprint density at radius 2 is 0.744 bits per heavy atom. The number of hydrogen-bond donors (Lipinski definition) is 0. The van der Waals surface area contributed by atoms with Crippen molar-refractivity contribution in [3.63, 3.8) is 0 Å². The third-order valence-electron chi connectivity index (χ3n) is 9.88. The fourth-order valence-corrected chi connectivity index (χ4v) is 7.76. The van der Waals surface area contributed by atoms with Gasteiger partial charge in [0, 0.05) is 27.5 Å². The Hall–Kier alpha value is -4.88. The first-order chi connectivity index (χ1) is 20.9. The van der Waals surface area contributed by atoms with Gasteiger partial charge in [-0.05, 0) is 57.1 Å². The Morgan fingerprint density at radius 1 is 0.349 bits per heavy atom. The molecule has 0 atom stereocenters. The van der Waals surface area contributed by atoms with E-state index in [4.69, 9.17) is 0 Å². The predicted molar refractivity (Wildman–Crippen MR) is 182 cm³/mol. The Labute approximate surface area is 255 Å². The molecule has 0 heterocycles. The standard InChI is InChI=1S/C42H35N/c1-41(2)32-21-11-8-19-30(32)39-34(41)23-14-26-37(39)43(36-25-13-10-18-29(36)28-16-6-5-7-17-28)38-27-15-24-35-40(38)31-20-9-12-22-33(31)42(35,3)4/h5-27H,1-4H3. The topological polar surface area (TPSA) is 3.24 Å². The van der Waals surface area contributed by atoms with Crippen LogP contribution in [-0.4, -0.2) is 0 Å². The highest BCUT2D eigenvalue weighted by Gasteiger charge is 2.40. The summed E-state index contributed by atoms with van der Waals surface area (Å²) in [4.78, 5) is 2.55. The summed E-state index contributed by atoms with van der Waals surface area (Å²) >= 11 is 0. The maximum Gasteiger partial charge on any atom is 0.0543 e. The van der Waals surface area contributed by atoms with Gasteiger partial charge in [0.1, 0.15) is 0 Å². The molecular formula is C42H35N. The van der Waals surface area contributed by atoms with Crippen LogP contribution in [0.15, 0.2) is 140 Å². The van der Waals surface area contributed by atoms with E-state index in [9.17, 15) is 0 Å². The Morgan fingerprint density at radius 3 is 1.28 bits per heavy atom. The van der Waals surface area contributed by atoms with E-state index < -0.39 is 0 Å². The number of fused-ring (bicyclic) bond motifs is 6. The Balaban J connectivity index is 1.49. The zero-order chi connectivity index (χ0) is 29.3. The summed E-state index contributed by atoms with van der Waals surface area (Å²) in [6.45, 7) is 9.46. The van der Waals surface area contributed by atoms with Crippen molar-refractivity contribution in [3.05, 3.63) is 162 Å². The van der Waals surface area contributed by atoms with E-state index in [1.807, 2.05) is 0 Å². The molecule has 6 aromatic carbocycles. The quantitative estimate of drug-likeness (QED) is 0.210. The summed E-state index contributed by atoms with van der Waals surface area (Å²) < 4.78 is 0. The van der Waals surface area contributed by atoms with Crippen molar-refractivity contribution >= 4 is 17.1 Å². The largest absolute Gasteiger partial charge is 0.309 e. The zero-order valence-electron chi connectivity index (χ0n) is 25.2. The number of rotatable bonds is 4. The lowest BCUT2D eigenvalue weighted by molar-refractivity contribution is 0.660. The average molecular weight is 554 g/mol. The first-order valence-corrected chi connectivity index (χ1v) is 15.3. The third-order valence-corrected chi connectivity index (χ3v) is 9.88. The van der Waals surface area contributed by atoms with Crippen LogP contribution < -0.4 is 4.90 Å². The maximum absolute atomic E-state index is 2.55. The second-order valence-corrected chi connectivity index (χ2v) is 13.0. The summed E-state index contributed by atoms with van der Waals surface area (Å²) in [5, 5.41) is 0. The molecule has 1 nitrogen and oxygen atoms in total. The summed E-state index contributed by atoms with van der Waals surface area (Å²) in [7, 11) is 0. The average Bonchev–Trinajstić information content (AvgIpc) is 3.43. The van der Waals surface area contributed by atoms with Gasteiger partial charge in [-0.15, -0.1) is 0 Å².